The van der Waals surface area contributed by atoms with Crippen molar-refractivity contribution in [2.45, 2.75) is 11.3 Å². The van der Waals surface area contributed by atoms with Crippen LogP contribution in [0.5, 0.6) is 0 Å². The average Bonchev–Trinajstić information content (AvgIpc) is 2.83. The van der Waals surface area contributed by atoms with E-state index in [2.05, 4.69) is 10.2 Å². The van der Waals surface area contributed by atoms with Crippen LogP contribution >= 0.6 is 11.8 Å². The van der Waals surface area contributed by atoms with Crippen LogP contribution in [0.2, 0.25) is 0 Å². The Kier molecular flexibility index (Phi) is 5.00. The fourth-order valence-corrected chi connectivity index (χ4v) is 6.07. The molecule has 2 heterocycles. The summed E-state index contributed by atoms with van der Waals surface area (Å²) in [5.41, 5.74) is 0.998. The van der Waals surface area contributed by atoms with Gasteiger partial charge in [-0.25, -0.2) is 8.42 Å². The van der Waals surface area contributed by atoms with E-state index < -0.39 is 9.84 Å². The Morgan fingerprint density at radius 2 is 2.00 bits per heavy atom. The summed E-state index contributed by atoms with van der Waals surface area (Å²) in [5.74, 6) is 0.520. The number of thioether (sulfide) groups is 1. The van der Waals surface area contributed by atoms with Crippen molar-refractivity contribution in [3.05, 3.63) is 35.9 Å². The third kappa shape index (κ3) is 3.69. The summed E-state index contributed by atoms with van der Waals surface area (Å²) in [6, 6.07) is 9.86. The first-order chi connectivity index (χ1) is 9.12. The Balaban J connectivity index is 0.00000147. The van der Waals surface area contributed by atoms with E-state index in [0.29, 0.717) is 0 Å². The van der Waals surface area contributed by atoms with Crippen LogP contribution in [0.1, 0.15) is 5.56 Å². The van der Waals surface area contributed by atoms with Crippen LogP contribution in [0.25, 0.3) is 0 Å². The molecule has 3 rings (SSSR count). The van der Waals surface area contributed by atoms with Crippen LogP contribution in [-0.2, 0) is 9.84 Å². The van der Waals surface area contributed by atoms with Crippen molar-refractivity contribution in [3.8, 4) is 0 Å². The molecule has 0 aliphatic carbocycles. The third-order valence-corrected chi connectivity index (χ3v) is 6.38. The molecule has 0 spiro atoms. The Labute approximate surface area is 132 Å². The number of rotatable bonds is 2. The van der Waals surface area contributed by atoms with Crippen molar-refractivity contribution in [2.24, 2.45) is 10.2 Å². The first-order valence-corrected chi connectivity index (χ1v) is 8.70. The van der Waals surface area contributed by atoms with Crippen LogP contribution in [0.3, 0.4) is 0 Å². The maximum atomic E-state index is 11.4. The van der Waals surface area contributed by atoms with Gasteiger partial charge in [0.2, 0.25) is 0 Å². The standard InChI is InChI=1S/C12H13N3O2S2.BrH/c16-19(17)7-10-11(8-19)18-12(14-10)15-13-6-9-4-2-1-3-5-9;/h1-6,10-11H,7-8H2,(H,14,15);1H/b13-6+;/t10-,11+;/m1./s1. The van der Waals surface area contributed by atoms with Gasteiger partial charge in [-0.2, -0.15) is 5.10 Å². The van der Waals surface area contributed by atoms with Crippen LogP contribution in [-0.4, -0.2) is 42.6 Å². The number of nitrogens with two attached hydrogens (primary N) is 1. The van der Waals surface area contributed by atoms with E-state index in [4.69, 9.17) is 0 Å². The van der Waals surface area contributed by atoms with Crippen molar-refractivity contribution in [1.82, 2.24) is 0 Å². The van der Waals surface area contributed by atoms with Crippen molar-refractivity contribution in [1.29, 1.82) is 0 Å². The Morgan fingerprint density at radius 1 is 1.25 bits per heavy atom. The number of nitrogens with zero attached hydrogens (tertiary/aromatic N) is 2. The minimum absolute atomic E-state index is 0. The molecule has 0 bridgehead atoms. The van der Waals surface area contributed by atoms with Gasteiger partial charge in [0.15, 0.2) is 9.84 Å². The summed E-state index contributed by atoms with van der Waals surface area (Å²) < 4.78 is 22.9. The Morgan fingerprint density at radius 3 is 2.70 bits per heavy atom. The van der Waals surface area contributed by atoms with Gasteiger partial charge < -0.3 is 17.0 Å². The molecule has 20 heavy (non-hydrogen) atoms. The van der Waals surface area contributed by atoms with Crippen molar-refractivity contribution in [3.63, 3.8) is 0 Å². The molecule has 2 N–H and O–H groups in total. The molecule has 8 heteroatoms. The van der Waals surface area contributed by atoms with Crippen LogP contribution in [0.15, 0.2) is 40.5 Å². The molecular weight excluding hydrogens is 362 g/mol. The fourth-order valence-electron chi connectivity index (χ4n) is 2.25. The minimum Gasteiger partial charge on any atom is -1.00 e. The predicted octanol–water partition coefficient (Wildman–Crippen LogP) is -3.14. The largest absolute Gasteiger partial charge is 1.00 e. The van der Waals surface area contributed by atoms with Crippen molar-refractivity contribution < 1.29 is 30.7 Å². The van der Waals surface area contributed by atoms with E-state index in [0.717, 1.165) is 10.7 Å². The smallest absolute Gasteiger partial charge is 0.280 e. The lowest BCUT2D eigenvalue weighted by Crippen LogP contribution is -3.00. The zero-order valence-electron chi connectivity index (χ0n) is 10.5. The van der Waals surface area contributed by atoms with E-state index in [1.807, 2.05) is 35.6 Å². The number of fused-ring (bicyclic) bond motifs is 1. The normalized spacial score (nSPS) is 29.5. The average molecular weight is 376 g/mol. The number of amidine groups is 1. The van der Waals surface area contributed by atoms with Gasteiger partial charge in [-0.05, 0) is 17.3 Å². The first-order valence-electron chi connectivity index (χ1n) is 6.00. The lowest BCUT2D eigenvalue weighted by molar-refractivity contribution is -0.563. The second-order valence-corrected chi connectivity index (χ2v) is 8.07. The van der Waals surface area contributed by atoms with E-state index in [9.17, 15) is 8.42 Å². The quantitative estimate of drug-likeness (QED) is 0.438. The number of benzene rings is 1. The number of quaternary nitrogens is 1. The van der Waals surface area contributed by atoms with Gasteiger partial charge in [0.05, 0.1) is 17.2 Å². The third-order valence-electron chi connectivity index (χ3n) is 3.13. The maximum Gasteiger partial charge on any atom is 0.280 e. The van der Waals surface area contributed by atoms with E-state index >= 15 is 0 Å². The molecule has 2 aliphatic heterocycles. The lowest BCUT2D eigenvalue weighted by atomic mass is 10.2. The molecule has 1 aromatic carbocycles. The molecule has 1 aromatic rings. The van der Waals surface area contributed by atoms with Crippen LogP contribution < -0.4 is 22.3 Å². The summed E-state index contributed by atoms with van der Waals surface area (Å²) in [6.45, 7) is 0. The summed E-state index contributed by atoms with van der Waals surface area (Å²) >= 11 is 1.52. The number of hydrogen-bond donors (Lipinski definition) is 1. The summed E-state index contributed by atoms with van der Waals surface area (Å²) in [6.07, 6.45) is 1.70. The van der Waals surface area contributed by atoms with Gasteiger partial charge in [0.1, 0.15) is 11.8 Å². The molecule has 0 radical (unpaired) electrons. The first kappa shape index (κ1) is 15.7. The highest BCUT2D eigenvalue weighted by Crippen LogP contribution is 2.26. The second-order valence-electron chi connectivity index (χ2n) is 4.66. The molecule has 2 aliphatic rings. The fraction of sp³-hybridized carbons (Fsp3) is 0.333. The van der Waals surface area contributed by atoms with Gasteiger partial charge in [0, 0.05) is 0 Å². The minimum atomic E-state index is -2.84. The topological polar surface area (TPSA) is 75.5 Å². The van der Waals surface area contributed by atoms with Gasteiger partial charge in [-0.1, -0.05) is 35.4 Å². The highest BCUT2D eigenvalue weighted by atomic mass is 79.9. The summed E-state index contributed by atoms with van der Waals surface area (Å²) in [7, 11) is -2.84. The molecule has 2 saturated heterocycles. The van der Waals surface area contributed by atoms with E-state index in [-0.39, 0.29) is 39.8 Å². The van der Waals surface area contributed by atoms with Crippen LogP contribution in [0.4, 0.5) is 0 Å². The van der Waals surface area contributed by atoms with Crippen molar-refractivity contribution in [2.75, 3.05) is 11.5 Å². The molecule has 0 unspecified atom stereocenters. The molecule has 2 atom stereocenters. The lowest BCUT2D eigenvalue weighted by Gasteiger charge is -1.96. The Hall–Kier alpha value is -0.700. The zero-order chi connectivity index (χ0) is 13.3. The molecule has 0 aromatic heterocycles. The molecule has 0 amide bonds. The van der Waals surface area contributed by atoms with Crippen LogP contribution in [0, 0.1) is 0 Å². The zero-order valence-corrected chi connectivity index (χ0v) is 13.7. The van der Waals surface area contributed by atoms with E-state index in [1.54, 1.807) is 6.21 Å². The molecule has 5 nitrogen and oxygen atoms in total. The van der Waals surface area contributed by atoms with E-state index in [1.165, 1.54) is 11.8 Å². The molecular formula is C12H14BrN3O2S2. The number of halogens is 1. The predicted molar refractivity (Wildman–Crippen MR) is 77.2 cm³/mol. The number of hydrogen-bond acceptors (Lipinski definition) is 5. The SMILES string of the molecule is O=S1(=O)C[C@@H]2S/C(=N\N=C\c3ccccc3)[NH2+][C@@H]2C1.[Br-]. The molecule has 2 fully saturated rings. The monoisotopic (exact) mass is 375 g/mol. The van der Waals surface area contributed by atoms with Gasteiger partial charge in [0.25, 0.3) is 5.17 Å². The second kappa shape index (κ2) is 6.38. The molecule has 108 valence electrons. The highest BCUT2D eigenvalue weighted by molar-refractivity contribution is 8.15. The number of sulfone groups is 1. The Bertz CT molecular complexity index is 609. The summed E-state index contributed by atoms with van der Waals surface area (Å²) in [4.78, 5) is 0. The maximum absolute atomic E-state index is 11.4. The summed E-state index contributed by atoms with van der Waals surface area (Å²) in [5, 5.41) is 11.1. The molecule has 0 saturated carbocycles. The van der Waals surface area contributed by atoms with Crippen molar-refractivity contribution >= 4 is 33.0 Å². The van der Waals surface area contributed by atoms with Gasteiger partial charge in [-0.15, -0.1) is 0 Å². The highest BCUT2D eigenvalue weighted by Gasteiger charge is 2.47. The van der Waals surface area contributed by atoms with Gasteiger partial charge in [-0.3, -0.25) is 5.32 Å². The van der Waals surface area contributed by atoms with Gasteiger partial charge >= 0.3 is 0 Å².